The van der Waals surface area contributed by atoms with Gasteiger partial charge in [-0.3, -0.25) is 0 Å². The Balaban J connectivity index is 2.28. The minimum atomic E-state index is -0.869. The molecule has 2 rings (SSSR count). The average Bonchev–Trinajstić information content (AvgIpc) is 2.39. The van der Waals surface area contributed by atoms with Gasteiger partial charge in [0.1, 0.15) is 23.2 Å². The summed E-state index contributed by atoms with van der Waals surface area (Å²) in [5.41, 5.74) is 6.11. The van der Waals surface area contributed by atoms with Gasteiger partial charge in [-0.05, 0) is 24.3 Å². The number of benzene rings is 2. The minimum Gasteiger partial charge on any atom is -0.507 e. The Hall–Kier alpha value is -2.69. The van der Waals surface area contributed by atoms with E-state index in [-0.39, 0.29) is 11.4 Å². The number of aliphatic imine (C=N–C) groups is 1. The number of halogens is 2. The van der Waals surface area contributed by atoms with Crippen molar-refractivity contribution in [2.45, 2.75) is 0 Å². The van der Waals surface area contributed by atoms with Crippen LogP contribution in [0.5, 0.6) is 0 Å². The molecule has 0 aliphatic heterocycles. The van der Waals surface area contributed by atoms with Crippen LogP contribution in [0.1, 0.15) is 5.56 Å². The van der Waals surface area contributed by atoms with Gasteiger partial charge < -0.3 is 10.8 Å². The summed E-state index contributed by atoms with van der Waals surface area (Å²) in [6.07, 6.45) is 1.11. The standard InChI is InChI=1S/C15H12F2N2O/c16-10-6-7-12(13(17)8-10)14(20)9-15(18)19-11-4-2-1-3-5-11/h1-9,20H,(H2,18,19)/b14-9-. The topological polar surface area (TPSA) is 58.6 Å². The van der Waals surface area contributed by atoms with Crippen molar-refractivity contribution in [3.8, 4) is 0 Å². The number of amidine groups is 1. The van der Waals surface area contributed by atoms with Crippen LogP contribution in [0.15, 0.2) is 59.6 Å². The Labute approximate surface area is 114 Å². The Morgan fingerprint density at radius 2 is 1.80 bits per heavy atom. The van der Waals surface area contributed by atoms with Gasteiger partial charge in [0.25, 0.3) is 0 Å². The molecule has 3 nitrogen and oxygen atoms in total. The molecule has 0 saturated carbocycles. The number of hydrogen-bond acceptors (Lipinski definition) is 2. The number of aliphatic hydroxyl groups excluding tert-OH is 1. The Morgan fingerprint density at radius 3 is 2.45 bits per heavy atom. The molecule has 0 aliphatic carbocycles. The van der Waals surface area contributed by atoms with Gasteiger partial charge in [-0.2, -0.15) is 0 Å². The summed E-state index contributed by atoms with van der Waals surface area (Å²) in [4.78, 5) is 4.03. The molecular weight excluding hydrogens is 262 g/mol. The highest BCUT2D eigenvalue weighted by molar-refractivity contribution is 5.98. The quantitative estimate of drug-likeness (QED) is 0.511. The number of para-hydroxylation sites is 1. The Bertz CT molecular complexity index is 667. The smallest absolute Gasteiger partial charge is 0.137 e. The lowest BCUT2D eigenvalue weighted by Gasteiger charge is -2.02. The summed E-state index contributed by atoms with van der Waals surface area (Å²) in [5, 5.41) is 9.78. The molecule has 0 radical (unpaired) electrons. The maximum absolute atomic E-state index is 13.5. The predicted octanol–water partition coefficient (Wildman–Crippen LogP) is 3.55. The van der Waals surface area contributed by atoms with Crippen LogP contribution >= 0.6 is 0 Å². The van der Waals surface area contributed by atoms with Crippen molar-refractivity contribution in [3.63, 3.8) is 0 Å². The van der Waals surface area contributed by atoms with E-state index in [1.54, 1.807) is 24.3 Å². The molecule has 0 atom stereocenters. The first-order valence-corrected chi connectivity index (χ1v) is 5.81. The van der Waals surface area contributed by atoms with Gasteiger partial charge in [-0.1, -0.05) is 18.2 Å². The molecule has 2 aromatic rings. The van der Waals surface area contributed by atoms with E-state index in [9.17, 15) is 13.9 Å². The van der Waals surface area contributed by atoms with E-state index in [2.05, 4.69) is 4.99 Å². The fourth-order valence-electron chi connectivity index (χ4n) is 1.60. The number of nitrogens with two attached hydrogens (primary N) is 1. The van der Waals surface area contributed by atoms with Crippen molar-refractivity contribution in [1.29, 1.82) is 0 Å². The average molecular weight is 274 g/mol. The lowest BCUT2D eigenvalue weighted by atomic mass is 10.1. The molecule has 3 N–H and O–H groups in total. The van der Waals surface area contributed by atoms with Crippen LogP contribution in [0.4, 0.5) is 14.5 Å². The van der Waals surface area contributed by atoms with E-state index in [4.69, 9.17) is 5.73 Å². The predicted molar refractivity (Wildman–Crippen MR) is 74.7 cm³/mol. The van der Waals surface area contributed by atoms with Gasteiger partial charge >= 0.3 is 0 Å². The number of rotatable bonds is 3. The summed E-state index contributed by atoms with van der Waals surface area (Å²) < 4.78 is 26.2. The Morgan fingerprint density at radius 1 is 1.10 bits per heavy atom. The molecule has 2 aromatic carbocycles. The van der Waals surface area contributed by atoms with Crippen LogP contribution in [0, 0.1) is 11.6 Å². The van der Waals surface area contributed by atoms with Crippen molar-refractivity contribution in [2.24, 2.45) is 10.7 Å². The molecule has 0 bridgehead atoms. The SMILES string of the molecule is NC(/C=C(\O)c1ccc(F)cc1F)=Nc1ccccc1. The third kappa shape index (κ3) is 3.41. The fraction of sp³-hybridized carbons (Fsp3) is 0. The number of nitrogens with zero attached hydrogens (tertiary/aromatic N) is 1. The van der Waals surface area contributed by atoms with Crippen LogP contribution in [0.2, 0.25) is 0 Å². The first kappa shape index (κ1) is 13.7. The summed E-state index contributed by atoms with van der Waals surface area (Å²) in [6, 6.07) is 11.7. The van der Waals surface area contributed by atoms with Crippen molar-refractivity contribution < 1.29 is 13.9 Å². The van der Waals surface area contributed by atoms with E-state index < -0.39 is 17.4 Å². The van der Waals surface area contributed by atoms with E-state index in [1.807, 2.05) is 6.07 Å². The van der Waals surface area contributed by atoms with Crippen molar-refractivity contribution >= 4 is 17.3 Å². The van der Waals surface area contributed by atoms with Crippen molar-refractivity contribution in [1.82, 2.24) is 0 Å². The maximum Gasteiger partial charge on any atom is 0.137 e. The third-order valence-corrected chi connectivity index (χ3v) is 2.51. The molecule has 0 spiro atoms. The van der Waals surface area contributed by atoms with Crippen LogP contribution in [0.25, 0.3) is 5.76 Å². The Kier molecular flexibility index (Phi) is 4.10. The lowest BCUT2D eigenvalue weighted by Crippen LogP contribution is -2.08. The molecule has 0 unspecified atom stereocenters. The molecule has 5 heteroatoms. The monoisotopic (exact) mass is 274 g/mol. The molecule has 0 fully saturated rings. The zero-order valence-corrected chi connectivity index (χ0v) is 10.4. The first-order chi connectivity index (χ1) is 9.56. The van der Waals surface area contributed by atoms with Crippen LogP contribution in [-0.2, 0) is 0 Å². The molecule has 0 aliphatic rings. The second-order valence-electron chi connectivity index (χ2n) is 4.03. The fourth-order valence-corrected chi connectivity index (χ4v) is 1.60. The number of aliphatic hydroxyl groups is 1. The first-order valence-electron chi connectivity index (χ1n) is 5.81. The summed E-state index contributed by atoms with van der Waals surface area (Å²) in [5.74, 6) is -1.99. The molecular formula is C15H12F2N2O. The van der Waals surface area contributed by atoms with Crippen LogP contribution < -0.4 is 5.73 Å². The summed E-state index contributed by atoms with van der Waals surface area (Å²) in [7, 11) is 0. The van der Waals surface area contributed by atoms with Gasteiger partial charge in [-0.15, -0.1) is 0 Å². The normalized spacial score (nSPS) is 12.5. The highest BCUT2D eigenvalue weighted by Crippen LogP contribution is 2.17. The lowest BCUT2D eigenvalue weighted by molar-refractivity contribution is 0.500. The molecule has 20 heavy (non-hydrogen) atoms. The molecule has 0 saturated heterocycles. The summed E-state index contributed by atoms with van der Waals surface area (Å²) in [6.45, 7) is 0. The van der Waals surface area contributed by atoms with Gasteiger partial charge in [0, 0.05) is 12.1 Å². The molecule has 0 amide bonds. The van der Waals surface area contributed by atoms with Crippen molar-refractivity contribution in [2.75, 3.05) is 0 Å². The third-order valence-electron chi connectivity index (χ3n) is 2.51. The van der Waals surface area contributed by atoms with E-state index >= 15 is 0 Å². The van der Waals surface area contributed by atoms with Gasteiger partial charge in [-0.25, -0.2) is 13.8 Å². The van der Waals surface area contributed by atoms with Gasteiger partial charge in [0.05, 0.1) is 11.3 Å². The zero-order valence-electron chi connectivity index (χ0n) is 10.4. The second kappa shape index (κ2) is 5.97. The maximum atomic E-state index is 13.5. The number of hydrogen-bond donors (Lipinski definition) is 2. The largest absolute Gasteiger partial charge is 0.507 e. The molecule has 0 aromatic heterocycles. The highest BCUT2D eigenvalue weighted by atomic mass is 19.1. The van der Waals surface area contributed by atoms with Crippen LogP contribution in [0.3, 0.4) is 0 Å². The van der Waals surface area contributed by atoms with E-state index in [0.717, 1.165) is 18.2 Å². The van der Waals surface area contributed by atoms with Crippen LogP contribution in [-0.4, -0.2) is 10.9 Å². The van der Waals surface area contributed by atoms with E-state index in [0.29, 0.717) is 11.8 Å². The highest BCUT2D eigenvalue weighted by Gasteiger charge is 2.08. The second-order valence-corrected chi connectivity index (χ2v) is 4.03. The zero-order chi connectivity index (χ0) is 14.5. The van der Waals surface area contributed by atoms with E-state index in [1.165, 1.54) is 0 Å². The van der Waals surface area contributed by atoms with Gasteiger partial charge in [0.2, 0.25) is 0 Å². The minimum absolute atomic E-state index is 0.0115. The molecule has 0 heterocycles. The summed E-state index contributed by atoms with van der Waals surface area (Å²) >= 11 is 0. The van der Waals surface area contributed by atoms with Crippen molar-refractivity contribution in [3.05, 3.63) is 71.8 Å². The molecule has 102 valence electrons. The van der Waals surface area contributed by atoms with Gasteiger partial charge in [0.15, 0.2) is 0 Å².